The maximum absolute atomic E-state index is 6.36. The lowest BCUT2D eigenvalue weighted by atomic mass is 9.76. The second-order valence-corrected chi connectivity index (χ2v) is 6.32. The molecule has 0 N–H and O–H groups in total. The SMILES string of the molecule is CC(C)=C1[C@H]2C=C[C@H]1[C@@]13O[C@]21[C@H]1C=C[C@H]3C1. The van der Waals surface area contributed by atoms with E-state index in [1.807, 2.05) is 0 Å². The van der Waals surface area contributed by atoms with Crippen LogP contribution >= 0.6 is 0 Å². The van der Waals surface area contributed by atoms with Crippen LogP contribution in [0.2, 0.25) is 0 Å². The van der Waals surface area contributed by atoms with Gasteiger partial charge in [-0.3, -0.25) is 0 Å². The quantitative estimate of drug-likeness (QED) is 0.444. The lowest BCUT2D eigenvalue weighted by molar-refractivity contribution is 0.128. The number of hydrogen-bond acceptors (Lipinski definition) is 1. The van der Waals surface area contributed by atoms with Gasteiger partial charge in [-0.25, -0.2) is 0 Å². The molecule has 0 amide bonds. The molecule has 0 spiro atoms. The Kier molecular flexibility index (Phi) is 1.03. The highest BCUT2D eigenvalue weighted by molar-refractivity contribution is 5.58. The molecule has 1 heteroatoms. The zero-order valence-corrected chi connectivity index (χ0v) is 9.73. The van der Waals surface area contributed by atoms with Gasteiger partial charge in [0.1, 0.15) is 11.2 Å². The Balaban J connectivity index is 1.80. The van der Waals surface area contributed by atoms with Gasteiger partial charge in [0.25, 0.3) is 0 Å². The molecular formula is C15H16O. The third-order valence-corrected chi connectivity index (χ3v) is 5.76. The largest absolute Gasteiger partial charge is 0.359 e. The molecule has 0 unspecified atom stereocenters. The molecule has 1 nitrogen and oxygen atoms in total. The smallest absolute Gasteiger partial charge is 0.116 e. The van der Waals surface area contributed by atoms with Crippen LogP contribution in [0.5, 0.6) is 0 Å². The molecular weight excluding hydrogens is 196 g/mol. The van der Waals surface area contributed by atoms with Crippen molar-refractivity contribution in [2.45, 2.75) is 31.5 Å². The normalized spacial score (nSPS) is 61.8. The summed E-state index contributed by atoms with van der Waals surface area (Å²) in [5, 5.41) is 0. The van der Waals surface area contributed by atoms with Gasteiger partial charge in [0.05, 0.1) is 0 Å². The lowest BCUT2D eigenvalue weighted by Crippen LogP contribution is -2.33. The number of ether oxygens (including phenoxy) is 1. The molecule has 5 rings (SSSR count). The van der Waals surface area contributed by atoms with Crippen LogP contribution in [0.1, 0.15) is 20.3 Å². The van der Waals surface area contributed by atoms with Crippen LogP contribution in [0.4, 0.5) is 0 Å². The van der Waals surface area contributed by atoms with E-state index in [0.29, 0.717) is 23.7 Å². The standard InChI is InChI=1S/C15H16O/c1-8(2)13-11-5-6-12(13)15-10-4-3-9(7-10)14(11,15)16-15/h3-6,9-12H,7H2,1-2H3/t9-,10-,11+,12+,14+,15+/m0/s1. The van der Waals surface area contributed by atoms with Crippen molar-refractivity contribution in [2.24, 2.45) is 23.7 Å². The van der Waals surface area contributed by atoms with Crippen molar-refractivity contribution in [1.29, 1.82) is 0 Å². The van der Waals surface area contributed by atoms with Gasteiger partial charge in [0.2, 0.25) is 0 Å². The molecule has 0 aromatic carbocycles. The lowest BCUT2D eigenvalue weighted by Gasteiger charge is -2.23. The topological polar surface area (TPSA) is 12.5 Å². The van der Waals surface area contributed by atoms with Crippen LogP contribution in [0.3, 0.4) is 0 Å². The number of fused-ring (bicyclic) bond motifs is 4. The number of epoxide rings is 1. The fourth-order valence-corrected chi connectivity index (χ4v) is 5.39. The molecule has 1 saturated heterocycles. The van der Waals surface area contributed by atoms with Crippen LogP contribution in [-0.2, 0) is 4.74 Å². The first-order chi connectivity index (χ1) is 7.72. The first-order valence-electron chi connectivity index (χ1n) is 6.46. The number of hydrogen-bond donors (Lipinski definition) is 0. The second kappa shape index (κ2) is 1.99. The van der Waals surface area contributed by atoms with E-state index < -0.39 is 0 Å². The predicted molar refractivity (Wildman–Crippen MR) is 61.8 cm³/mol. The van der Waals surface area contributed by atoms with Crippen molar-refractivity contribution in [3.8, 4) is 0 Å². The van der Waals surface area contributed by atoms with E-state index in [1.165, 1.54) is 12.0 Å². The summed E-state index contributed by atoms with van der Waals surface area (Å²) in [7, 11) is 0. The molecule has 82 valence electrons. The molecule has 0 aromatic heterocycles. The summed E-state index contributed by atoms with van der Waals surface area (Å²) in [5.74, 6) is 2.60. The molecule has 4 aliphatic carbocycles. The van der Waals surface area contributed by atoms with Crippen molar-refractivity contribution in [3.63, 3.8) is 0 Å². The Morgan fingerprint density at radius 2 is 1.62 bits per heavy atom. The van der Waals surface area contributed by atoms with Gasteiger partial charge >= 0.3 is 0 Å². The molecule has 2 saturated carbocycles. The maximum atomic E-state index is 6.36. The second-order valence-electron chi connectivity index (χ2n) is 6.32. The Morgan fingerprint density at radius 1 is 1.06 bits per heavy atom. The van der Waals surface area contributed by atoms with E-state index in [0.717, 1.165) is 0 Å². The van der Waals surface area contributed by atoms with Crippen LogP contribution in [0.25, 0.3) is 0 Å². The van der Waals surface area contributed by atoms with E-state index in [-0.39, 0.29) is 11.2 Å². The van der Waals surface area contributed by atoms with E-state index in [4.69, 9.17) is 4.74 Å². The maximum Gasteiger partial charge on any atom is 0.116 e. The molecule has 0 radical (unpaired) electrons. The van der Waals surface area contributed by atoms with Gasteiger partial charge in [0, 0.05) is 23.7 Å². The van der Waals surface area contributed by atoms with E-state index in [9.17, 15) is 0 Å². The summed E-state index contributed by atoms with van der Waals surface area (Å²) in [4.78, 5) is 0. The summed E-state index contributed by atoms with van der Waals surface area (Å²) in [5.41, 5.74) is 3.62. The summed E-state index contributed by atoms with van der Waals surface area (Å²) in [6, 6.07) is 0. The zero-order chi connectivity index (χ0) is 10.7. The van der Waals surface area contributed by atoms with Crippen molar-refractivity contribution in [3.05, 3.63) is 35.5 Å². The molecule has 3 fully saturated rings. The van der Waals surface area contributed by atoms with Gasteiger partial charge in [0.15, 0.2) is 0 Å². The molecule has 4 bridgehead atoms. The van der Waals surface area contributed by atoms with Crippen LogP contribution in [-0.4, -0.2) is 11.2 Å². The van der Waals surface area contributed by atoms with E-state index in [1.54, 1.807) is 5.57 Å². The van der Waals surface area contributed by atoms with Gasteiger partial charge < -0.3 is 4.74 Å². The Labute approximate surface area is 95.9 Å². The zero-order valence-electron chi connectivity index (χ0n) is 9.73. The monoisotopic (exact) mass is 212 g/mol. The summed E-state index contributed by atoms with van der Waals surface area (Å²) in [6.07, 6.45) is 11.0. The predicted octanol–water partition coefficient (Wildman–Crippen LogP) is 2.85. The number of rotatable bonds is 0. The fraction of sp³-hybridized carbons (Fsp3) is 0.600. The fourth-order valence-electron chi connectivity index (χ4n) is 5.39. The minimum atomic E-state index is 0.207. The average molecular weight is 212 g/mol. The highest BCUT2D eigenvalue weighted by Gasteiger charge is 2.90. The van der Waals surface area contributed by atoms with Gasteiger partial charge in [-0.1, -0.05) is 35.5 Å². The summed E-state index contributed by atoms with van der Waals surface area (Å²) < 4.78 is 6.36. The first-order valence-corrected chi connectivity index (χ1v) is 6.46. The highest BCUT2D eigenvalue weighted by atomic mass is 16.6. The average Bonchev–Trinajstić information content (AvgIpc) is 2.67. The Bertz CT molecular complexity index is 472. The molecule has 0 aromatic rings. The molecule has 1 aliphatic heterocycles. The molecule has 5 aliphatic rings. The Hall–Kier alpha value is -0.820. The third kappa shape index (κ3) is 0.506. The van der Waals surface area contributed by atoms with E-state index in [2.05, 4.69) is 38.2 Å². The van der Waals surface area contributed by atoms with Crippen molar-refractivity contribution in [1.82, 2.24) is 0 Å². The van der Waals surface area contributed by atoms with E-state index >= 15 is 0 Å². The number of allylic oxidation sites excluding steroid dienone is 1. The molecule has 16 heavy (non-hydrogen) atoms. The van der Waals surface area contributed by atoms with Crippen LogP contribution in [0.15, 0.2) is 35.5 Å². The third-order valence-electron chi connectivity index (χ3n) is 5.76. The van der Waals surface area contributed by atoms with Crippen molar-refractivity contribution < 1.29 is 4.74 Å². The minimum Gasteiger partial charge on any atom is -0.359 e. The summed E-state index contributed by atoms with van der Waals surface area (Å²) in [6.45, 7) is 4.54. The highest BCUT2D eigenvalue weighted by Crippen LogP contribution is 2.82. The first kappa shape index (κ1) is 8.30. The van der Waals surface area contributed by atoms with Gasteiger partial charge in [-0.05, 0) is 20.3 Å². The van der Waals surface area contributed by atoms with Crippen molar-refractivity contribution >= 4 is 0 Å². The summed E-state index contributed by atoms with van der Waals surface area (Å²) >= 11 is 0. The molecule has 1 heterocycles. The van der Waals surface area contributed by atoms with Crippen molar-refractivity contribution in [2.75, 3.05) is 0 Å². The van der Waals surface area contributed by atoms with Gasteiger partial charge in [-0.15, -0.1) is 0 Å². The van der Waals surface area contributed by atoms with Crippen LogP contribution in [0, 0.1) is 23.7 Å². The van der Waals surface area contributed by atoms with Gasteiger partial charge in [-0.2, -0.15) is 0 Å². The Morgan fingerprint density at radius 3 is 2.12 bits per heavy atom. The molecule has 6 atom stereocenters. The minimum absolute atomic E-state index is 0.207. The van der Waals surface area contributed by atoms with Crippen LogP contribution < -0.4 is 0 Å².